The molecule has 0 atom stereocenters. The maximum atomic E-state index is 13.0. The molecule has 0 bridgehead atoms. The number of hydrogen-bond acceptors (Lipinski definition) is 2. The van der Waals surface area contributed by atoms with Gasteiger partial charge in [-0.2, -0.15) is 0 Å². The van der Waals surface area contributed by atoms with E-state index in [9.17, 15) is 4.39 Å². The molecule has 0 N–H and O–H groups in total. The molecule has 0 radical (unpaired) electrons. The first-order valence-corrected chi connectivity index (χ1v) is 7.74. The van der Waals surface area contributed by atoms with Crippen molar-refractivity contribution in [3.8, 4) is 21.8 Å². The molecule has 0 aliphatic carbocycles. The van der Waals surface area contributed by atoms with Crippen molar-refractivity contribution in [2.24, 2.45) is 0 Å². The van der Waals surface area contributed by atoms with E-state index in [0.29, 0.717) is 0 Å². The molecular weight excluding hydrogens is 337 g/mol. The second kappa shape index (κ2) is 5.46. The molecule has 1 heterocycles. The van der Waals surface area contributed by atoms with Gasteiger partial charge in [-0.05, 0) is 43.3 Å². The predicted octanol–water partition coefficient (Wildman–Crippen LogP) is 5.69. The van der Waals surface area contributed by atoms with Crippen LogP contribution in [0.4, 0.5) is 4.39 Å². The fraction of sp³-hybridized carbons (Fsp3) is 0.0625. The van der Waals surface area contributed by atoms with Crippen LogP contribution in [0.2, 0.25) is 0 Å². The molecule has 0 fully saturated rings. The number of rotatable bonds is 2. The Balaban J connectivity index is 2.05. The van der Waals surface area contributed by atoms with E-state index in [1.54, 1.807) is 23.5 Å². The maximum Gasteiger partial charge on any atom is 0.124 e. The fourth-order valence-corrected chi connectivity index (χ4v) is 3.35. The molecule has 3 aromatic rings. The van der Waals surface area contributed by atoms with E-state index in [1.165, 1.54) is 12.1 Å². The Bertz CT molecular complexity index is 749. The number of thiazole rings is 1. The smallest absolute Gasteiger partial charge is 0.124 e. The summed E-state index contributed by atoms with van der Waals surface area (Å²) in [5.41, 5.74) is 2.95. The summed E-state index contributed by atoms with van der Waals surface area (Å²) < 4.78 is 14.0. The Hall–Kier alpha value is -1.52. The van der Waals surface area contributed by atoms with Crippen LogP contribution in [-0.2, 0) is 0 Å². The van der Waals surface area contributed by atoms with Gasteiger partial charge < -0.3 is 0 Å². The molecule has 0 amide bonds. The summed E-state index contributed by atoms with van der Waals surface area (Å²) in [6.07, 6.45) is 0. The summed E-state index contributed by atoms with van der Waals surface area (Å²) in [6.45, 7) is 2.04. The minimum absolute atomic E-state index is 0.228. The van der Waals surface area contributed by atoms with Crippen molar-refractivity contribution in [2.45, 2.75) is 6.92 Å². The van der Waals surface area contributed by atoms with E-state index in [0.717, 1.165) is 31.2 Å². The van der Waals surface area contributed by atoms with Gasteiger partial charge in [0.2, 0.25) is 0 Å². The van der Waals surface area contributed by atoms with Crippen LogP contribution in [0.5, 0.6) is 0 Å². The first-order chi connectivity index (χ1) is 9.63. The average molecular weight is 348 g/mol. The van der Waals surface area contributed by atoms with Crippen molar-refractivity contribution in [3.05, 3.63) is 63.7 Å². The van der Waals surface area contributed by atoms with Gasteiger partial charge in [0.1, 0.15) is 10.8 Å². The standard InChI is InChI=1S/C16H11BrFNS/c1-10-15(11-5-7-14(18)8-6-11)19-16(20-10)12-3-2-4-13(17)9-12/h2-9H,1H3. The van der Waals surface area contributed by atoms with Crippen molar-refractivity contribution in [3.63, 3.8) is 0 Å². The molecule has 0 saturated carbocycles. The van der Waals surface area contributed by atoms with E-state index >= 15 is 0 Å². The zero-order valence-corrected chi connectivity index (χ0v) is 13.1. The Morgan fingerprint density at radius 1 is 1.05 bits per heavy atom. The van der Waals surface area contributed by atoms with E-state index in [-0.39, 0.29) is 5.82 Å². The highest BCUT2D eigenvalue weighted by molar-refractivity contribution is 9.10. The van der Waals surface area contributed by atoms with E-state index < -0.39 is 0 Å². The van der Waals surface area contributed by atoms with Gasteiger partial charge in [-0.25, -0.2) is 9.37 Å². The van der Waals surface area contributed by atoms with Gasteiger partial charge in [0, 0.05) is 20.5 Å². The Morgan fingerprint density at radius 2 is 1.80 bits per heavy atom. The SMILES string of the molecule is Cc1sc(-c2cccc(Br)c2)nc1-c1ccc(F)cc1. The summed E-state index contributed by atoms with van der Waals surface area (Å²) in [4.78, 5) is 5.83. The van der Waals surface area contributed by atoms with Crippen LogP contribution in [-0.4, -0.2) is 4.98 Å². The predicted molar refractivity (Wildman–Crippen MR) is 85.4 cm³/mol. The topological polar surface area (TPSA) is 12.9 Å². The molecule has 1 aromatic heterocycles. The Morgan fingerprint density at radius 3 is 2.50 bits per heavy atom. The lowest BCUT2D eigenvalue weighted by molar-refractivity contribution is 0.628. The zero-order chi connectivity index (χ0) is 14.1. The van der Waals surface area contributed by atoms with Crippen molar-refractivity contribution >= 4 is 27.3 Å². The Labute approximate surface area is 129 Å². The molecule has 20 heavy (non-hydrogen) atoms. The normalized spacial score (nSPS) is 10.8. The lowest BCUT2D eigenvalue weighted by Crippen LogP contribution is -1.82. The number of benzene rings is 2. The molecule has 0 aliphatic heterocycles. The van der Waals surface area contributed by atoms with E-state index in [1.807, 2.05) is 31.2 Å². The summed E-state index contributed by atoms with van der Waals surface area (Å²) in [7, 11) is 0. The van der Waals surface area contributed by atoms with Crippen molar-refractivity contribution < 1.29 is 4.39 Å². The second-order valence-corrected chi connectivity index (χ2v) is 6.56. The third-order valence-electron chi connectivity index (χ3n) is 2.99. The molecule has 1 nitrogen and oxygen atoms in total. The number of hydrogen-bond donors (Lipinski definition) is 0. The molecule has 100 valence electrons. The molecule has 4 heteroatoms. The molecule has 0 aliphatic rings. The first kappa shape index (κ1) is 13.5. The van der Waals surface area contributed by atoms with Crippen LogP contribution in [0.1, 0.15) is 4.88 Å². The Kier molecular flexibility index (Phi) is 3.68. The van der Waals surface area contributed by atoms with Gasteiger partial charge in [0.25, 0.3) is 0 Å². The van der Waals surface area contributed by atoms with Crippen LogP contribution in [0.25, 0.3) is 21.8 Å². The average Bonchev–Trinajstić information content (AvgIpc) is 2.82. The molecule has 3 rings (SSSR count). The maximum absolute atomic E-state index is 13.0. The van der Waals surface area contributed by atoms with E-state index in [2.05, 4.69) is 15.9 Å². The third kappa shape index (κ3) is 2.67. The second-order valence-electron chi connectivity index (χ2n) is 4.44. The fourth-order valence-electron chi connectivity index (χ4n) is 2.02. The molecule has 2 aromatic carbocycles. The third-order valence-corrected chi connectivity index (χ3v) is 4.50. The minimum Gasteiger partial charge on any atom is -0.236 e. The van der Waals surface area contributed by atoms with Crippen LogP contribution < -0.4 is 0 Å². The van der Waals surface area contributed by atoms with Crippen LogP contribution in [0, 0.1) is 12.7 Å². The molecular formula is C16H11BrFNS. The van der Waals surface area contributed by atoms with Gasteiger partial charge in [-0.3, -0.25) is 0 Å². The number of aromatic nitrogens is 1. The van der Waals surface area contributed by atoms with Gasteiger partial charge in [-0.15, -0.1) is 11.3 Å². The summed E-state index contributed by atoms with van der Waals surface area (Å²) in [5, 5.41) is 0.975. The largest absolute Gasteiger partial charge is 0.236 e. The number of nitrogens with zero attached hydrogens (tertiary/aromatic N) is 1. The lowest BCUT2D eigenvalue weighted by atomic mass is 10.1. The van der Waals surface area contributed by atoms with Gasteiger partial charge >= 0.3 is 0 Å². The number of halogens is 2. The first-order valence-electron chi connectivity index (χ1n) is 6.13. The summed E-state index contributed by atoms with van der Waals surface area (Å²) >= 11 is 5.12. The highest BCUT2D eigenvalue weighted by Crippen LogP contribution is 2.34. The highest BCUT2D eigenvalue weighted by atomic mass is 79.9. The molecule has 0 unspecified atom stereocenters. The van der Waals surface area contributed by atoms with Gasteiger partial charge in [0.05, 0.1) is 5.69 Å². The minimum atomic E-state index is -0.228. The van der Waals surface area contributed by atoms with Crippen molar-refractivity contribution in [1.82, 2.24) is 4.98 Å². The van der Waals surface area contributed by atoms with Gasteiger partial charge in [-0.1, -0.05) is 28.1 Å². The van der Waals surface area contributed by atoms with Crippen LogP contribution >= 0.6 is 27.3 Å². The van der Waals surface area contributed by atoms with Crippen LogP contribution in [0.3, 0.4) is 0 Å². The van der Waals surface area contributed by atoms with Crippen molar-refractivity contribution in [2.75, 3.05) is 0 Å². The summed E-state index contributed by atoms with van der Waals surface area (Å²) in [5.74, 6) is -0.228. The zero-order valence-electron chi connectivity index (χ0n) is 10.7. The van der Waals surface area contributed by atoms with E-state index in [4.69, 9.17) is 4.98 Å². The number of aryl methyl sites for hydroxylation is 1. The summed E-state index contributed by atoms with van der Waals surface area (Å²) in [6, 6.07) is 14.5. The van der Waals surface area contributed by atoms with Crippen LogP contribution in [0.15, 0.2) is 53.0 Å². The molecule has 0 spiro atoms. The quantitative estimate of drug-likeness (QED) is 0.580. The lowest BCUT2D eigenvalue weighted by Gasteiger charge is -1.98. The highest BCUT2D eigenvalue weighted by Gasteiger charge is 2.11. The molecule has 0 saturated heterocycles. The monoisotopic (exact) mass is 347 g/mol. The van der Waals surface area contributed by atoms with Gasteiger partial charge in [0.15, 0.2) is 0 Å². The van der Waals surface area contributed by atoms with Crippen molar-refractivity contribution in [1.29, 1.82) is 0 Å².